The fourth-order valence-corrected chi connectivity index (χ4v) is 1.59. The third-order valence-electron chi connectivity index (χ3n) is 2.52. The van der Waals surface area contributed by atoms with Crippen molar-refractivity contribution in [3.8, 4) is 0 Å². The molecule has 0 aromatic rings. The Labute approximate surface area is 70.0 Å². The van der Waals surface area contributed by atoms with Crippen molar-refractivity contribution < 1.29 is 0 Å². The van der Waals surface area contributed by atoms with Gasteiger partial charge in [-0.25, -0.2) is 0 Å². The lowest BCUT2D eigenvalue weighted by atomic mass is 10.2. The van der Waals surface area contributed by atoms with Crippen LogP contribution in [0.15, 0.2) is 0 Å². The van der Waals surface area contributed by atoms with Crippen LogP contribution in [-0.4, -0.2) is 37.1 Å². The van der Waals surface area contributed by atoms with Crippen LogP contribution in [0, 0.1) is 0 Å². The van der Waals surface area contributed by atoms with Crippen LogP contribution in [0.4, 0.5) is 0 Å². The van der Waals surface area contributed by atoms with Crippen LogP contribution in [0.2, 0.25) is 0 Å². The minimum absolute atomic E-state index is 0.687. The van der Waals surface area contributed by atoms with Gasteiger partial charge in [-0.1, -0.05) is 6.92 Å². The molecule has 1 N–H and O–H groups in total. The smallest absolute Gasteiger partial charge is 0.0209 e. The first-order chi connectivity index (χ1) is 5.22. The summed E-state index contributed by atoms with van der Waals surface area (Å²) in [5, 5.41) is 3.62. The quantitative estimate of drug-likeness (QED) is 0.658. The maximum absolute atomic E-state index is 3.62. The van der Waals surface area contributed by atoms with Crippen molar-refractivity contribution in [2.75, 3.05) is 20.1 Å². The van der Waals surface area contributed by atoms with Gasteiger partial charge in [-0.05, 0) is 33.4 Å². The molecule has 11 heavy (non-hydrogen) atoms. The molecule has 0 aliphatic carbocycles. The molecule has 1 rings (SSSR count). The van der Waals surface area contributed by atoms with E-state index in [4.69, 9.17) is 0 Å². The summed E-state index contributed by atoms with van der Waals surface area (Å²) in [6, 6.07) is 1.43. The fraction of sp³-hybridized carbons (Fsp3) is 1.00. The van der Waals surface area contributed by atoms with Crippen molar-refractivity contribution in [1.29, 1.82) is 0 Å². The normalized spacial score (nSPS) is 29.2. The van der Waals surface area contributed by atoms with E-state index in [9.17, 15) is 0 Å². The van der Waals surface area contributed by atoms with Gasteiger partial charge in [0.1, 0.15) is 0 Å². The summed E-state index contributed by atoms with van der Waals surface area (Å²) in [4.78, 5) is 2.39. The SMILES string of the molecule is CCC(C)NC1CCN(C)C1. The first-order valence-corrected chi connectivity index (χ1v) is 4.67. The predicted molar refractivity (Wildman–Crippen MR) is 48.8 cm³/mol. The van der Waals surface area contributed by atoms with E-state index in [1.54, 1.807) is 0 Å². The molecule has 2 heteroatoms. The Morgan fingerprint density at radius 3 is 2.82 bits per heavy atom. The van der Waals surface area contributed by atoms with Crippen molar-refractivity contribution in [3.05, 3.63) is 0 Å². The average molecular weight is 156 g/mol. The van der Waals surface area contributed by atoms with Crippen molar-refractivity contribution in [1.82, 2.24) is 10.2 Å². The molecule has 1 heterocycles. The molecule has 0 amide bonds. The summed E-state index contributed by atoms with van der Waals surface area (Å²) < 4.78 is 0. The van der Waals surface area contributed by atoms with Gasteiger partial charge in [0.2, 0.25) is 0 Å². The van der Waals surface area contributed by atoms with Gasteiger partial charge >= 0.3 is 0 Å². The number of rotatable bonds is 3. The summed E-state index contributed by atoms with van der Waals surface area (Å²) >= 11 is 0. The molecule has 0 aromatic carbocycles. The fourth-order valence-electron chi connectivity index (χ4n) is 1.59. The maximum Gasteiger partial charge on any atom is 0.0209 e. The van der Waals surface area contributed by atoms with E-state index in [0.29, 0.717) is 6.04 Å². The van der Waals surface area contributed by atoms with Gasteiger partial charge in [0.05, 0.1) is 0 Å². The number of likely N-dealkylation sites (N-methyl/N-ethyl adjacent to an activating group) is 1. The summed E-state index contributed by atoms with van der Waals surface area (Å²) in [5.41, 5.74) is 0. The second-order valence-corrected chi connectivity index (χ2v) is 3.72. The maximum atomic E-state index is 3.62. The Bertz CT molecular complexity index is 114. The summed E-state index contributed by atoms with van der Waals surface area (Å²) in [5.74, 6) is 0. The molecule has 0 aromatic heterocycles. The Balaban J connectivity index is 2.17. The van der Waals surface area contributed by atoms with Crippen LogP contribution in [0.3, 0.4) is 0 Å². The van der Waals surface area contributed by atoms with Crippen LogP contribution >= 0.6 is 0 Å². The number of hydrogen-bond acceptors (Lipinski definition) is 2. The zero-order valence-electron chi connectivity index (χ0n) is 7.93. The lowest BCUT2D eigenvalue weighted by Gasteiger charge is -2.17. The van der Waals surface area contributed by atoms with Crippen LogP contribution in [0.1, 0.15) is 26.7 Å². The van der Waals surface area contributed by atoms with Gasteiger partial charge in [-0.15, -0.1) is 0 Å². The van der Waals surface area contributed by atoms with Crippen molar-refractivity contribution >= 4 is 0 Å². The zero-order chi connectivity index (χ0) is 8.27. The van der Waals surface area contributed by atoms with Gasteiger partial charge < -0.3 is 10.2 Å². The van der Waals surface area contributed by atoms with E-state index in [1.165, 1.54) is 25.9 Å². The van der Waals surface area contributed by atoms with E-state index in [-0.39, 0.29) is 0 Å². The van der Waals surface area contributed by atoms with E-state index in [0.717, 1.165) is 6.04 Å². The minimum atomic E-state index is 0.687. The highest BCUT2D eigenvalue weighted by Gasteiger charge is 2.19. The first kappa shape index (κ1) is 9.01. The molecule has 2 nitrogen and oxygen atoms in total. The van der Waals surface area contributed by atoms with Crippen LogP contribution in [-0.2, 0) is 0 Å². The van der Waals surface area contributed by atoms with Gasteiger partial charge in [-0.2, -0.15) is 0 Å². The molecule has 2 unspecified atom stereocenters. The van der Waals surface area contributed by atoms with E-state index in [1.807, 2.05) is 0 Å². The van der Waals surface area contributed by atoms with Crippen LogP contribution in [0.5, 0.6) is 0 Å². The number of nitrogens with zero attached hydrogens (tertiary/aromatic N) is 1. The molecule has 0 spiro atoms. The Morgan fingerprint density at radius 2 is 2.36 bits per heavy atom. The molecule has 2 atom stereocenters. The average Bonchev–Trinajstić information content (AvgIpc) is 2.35. The highest BCUT2D eigenvalue weighted by atomic mass is 15.2. The molecule has 0 saturated carbocycles. The van der Waals surface area contributed by atoms with E-state index in [2.05, 4.69) is 31.1 Å². The highest BCUT2D eigenvalue weighted by molar-refractivity contribution is 4.80. The van der Waals surface area contributed by atoms with Gasteiger partial charge in [-0.3, -0.25) is 0 Å². The van der Waals surface area contributed by atoms with E-state index >= 15 is 0 Å². The lowest BCUT2D eigenvalue weighted by Crippen LogP contribution is -2.37. The van der Waals surface area contributed by atoms with Gasteiger partial charge in [0.15, 0.2) is 0 Å². The number of hydrogen-bond donors (Lipinski definition) is 1. The molecule has 1 fully saturated rings. The number of nitrogens with one attached hydrogen (secondary N) is 1. The summed E-state index contributed by atoms with van der Waals surface area (Å²) in [6.07, 6.45) is 2.56. The minimum Gasteiger partial charge on any atom is -0.310 e. The lowest BCUT2D eigenvalue weighted by molar-refractivity contribution is 0.383. The Hall–Kier alpha value is -0.0800. The molecule has 1 aliphatic heterocycles. The first-order valence-electron chi connectivity index (χ1n) is 4.67. The van der Waals surface area contributed by atoms with Crippen LogP contribution in [0.25, 0.3) is 0 Å². The third kappa shape index (κ3) is 2.80. The Morgan fingerprint density at radius 1 is 1.64 bits per heavy atom. The molecule has 0 radical (unpaired) electrons. The molecule has 66 valence electrons. The van der Waals surface area contributed by atoms with Crippen LogP contribution < -0.4 is 5.32 Å². The highest BCUT2D eigenvalue weighted by Crippen LogP contribution is 2.07. The molecule has 1 aliphatic rings. The second kappa shape index (κ2) is 4.07. The summed E-state index contributed by atoms with van der Waals surface area (Å²) in [6.45, 7) is 6.98. The molecule has 0 bridgehead atoms. The number of likely N-dealkylation sites (tertiary alicyclic amines) is 1. The largest absolute Gasteiger partial charge is 0.310 e. The standard InChI is InChI=1S/C9H20N2/c1-4-8(2)10-9-5-6-11(3)7-9/h8-10H,4-7H2,1-3H3. The zero-order valence-corrected chi connectivity index (χ0v) is 7.93. The Kier molecular flexibility index (Phi) is 3.34. The van der Waals surface area contributed by atoms with Crippen molar-refractivity contribution in [2.24, 2.45) is 0 Å². The topological polar surface area (TPSA) is 15.3 Å². The van der Waals surface area contributed by atoms with Crippen molar-refractivity contribution in [3.63, 3.8) is 0 Å². The summed E-state index contributed by atoms with van der Waals surface area (Å²) in [7, 11) is 2.19. The van der Waals surface area contributed by atoms with Crippen molar-refractivity contribution in [2.45, 2.75) is 38.8 Å². The second-order valence-electron chi connectivity index (χ2n) is 3.72. The third-order valence-corrected chi connectivity index (χ3v) is 2.52. The van der Waals surface area contributed by atoms with Gasteiger partial charge in [0, 0.05) is 18.6 Å². The monoisotopic (exact) mass is 156 g/mol. The van der Waals surface area contributed by atoms with E-state index < -0.39 is 0 Å². The molecular formula is C9H20N2. The molecule has 1 saturated heterocycles. The van der Waals surface area contributed by atoms with Gasteiger partial charge in [0.25, 0.3) is 0 Å². The predicted octanol–water partition coefficient (Wildman–Crippen LogP) is 1.08. The molecular weight excluding hydrogens is 136 g/mol.